The molecule has 0 radical (unpaired) electrons. The van der Waals surface area contributed by atoms with Crippen LogP contribution in [0.2, 0.25) is 0 Å². The maximum absolute atomic E-state index is 13.3. The van der Waals surface area contributed by atoms with Crippen LogP contribution >= 0.6 is 46.2 Å². The molecule has 0 atom stereocenters. The van der Waals surface area contributed by atoms with E-state index in [1.54, 1.807) is 48.2 Å². The van der Waals surface area contributed by atoms with Crippen molar-refractivity contribution >= 4 is 97.2 Å². The van der Waals surface area contributed by atoms with Crippen molar-refractivity contribution in [3.05, 3.63) is 60.2 Å². The molecule has 1 aromatic carbocycles. The summed E-state index contributed by atoms with van der Waals surface area (Å²) in [5, 5.41) is 12.1. The van der Waals surface area contributed by atoms with Crippen LogP contribution in [-0.4, -0.2) is 77.4 Å². The predicted molar refractivity (Wildman–Crippen MR) is 219 cm³/mol. The van der Waals surface area contributed by atoms with E-state index in [1.165, 1.54) is 28.9 Å². The van der Waals surface area contributed by atoms with Crippen molar-refractivity contribution in [3.63, 3.8) is 0 Å². The number of urea groups is 2. The molecule has 2 saturated carbocycles. The van der Waals surface area contributed by atoms with Gasteiger partial charge in [-0.1, -0.05) is 48.4 Å². The molecular formula is C37H44N8O5S4. The number of carbonyl (C=O) groups is 4. The minimum absolute atomic E-state index is 0.0386. The molecule has 7 rings (SSSR count). The number of ketones is 2. The third kappa shape index (κ3) is 10.6. The Morgan fingerprint density at radius 3 is 1.74 bits per heavy atom. The first kappa shape index (κ1) is 39.7. The van der Waals surface area contributed by atoms with E-state index in [-0.39, 0.29) is 23.4 Å². The van der Waals surface area contributed by atoms with Gasteiger partial charge in [-0.05, 0) is 62.5 Å². The molecule has 4 heterocycles. The highest BCUT2D eigenvalue weighted by Crippen LogP contribution is 2.34. The van der Waals surface area contributed by atoms with Crippen molar-refractivity contribution in [2.75, 3.05) is 65.0 Å². The monoisotopic (exact) mass is 808 g/mol. The van der Waals surface area contributed by atoms with Gasteiger partial charge in [0.2, 0.25) is 0 Å². The van der Waals surface area contributed by atoms with Crippen LogP contribution in [0.3, 0.4) is 0 Å². The summed E-state index contributed by atoms with van der Waals surface area (Å²) < 4.78 is 7.49. The summed E-state index contributed by atoms with van der Waals surface area (Å²) in [6, 6.07) is 6.57. The van der Waals surface area contributed by atoms with Gasteiger partial charge < -0.3 is 20.3 Å². The normalized spacial score (nSPS) is 16.0. The molecule has 3 fully saturated rings. The summed E-state index contributed by atoms with van der Waals surface area (Å²) in [4.78, 5) is 65.2. The number of aromatic nitrogens is 3. The lowest BCUT2D eigenvalue weighted by molar-refractivity contribution is 0.0916. The first-order valence-corrected chi connectivity index (χ1v) is 22.0. The molecule has 3 aromatic heterocycles. The van der Waals surface area contributed by atoms with Gasteiger partial charge in [-0.2, -0.15) is 0 Å². The van der Waals surface area contributed by atoms with Gasteiger partial charge in [0, 0.05) is 48.6 Å². The van der Waals surface area contributed by atoms with Gasteiger partial charge in [0.1, 0.15) is 0 Å². The summed E-state index contributed by atoms with van der Waals surface area (Å²) >= 11 is 5.98. The molecule has 0 spiro atoms. The average Bonchev–Trinajstić information content (AvgIpc) is 4.04. The van der Waals surface area contributed by atoms with Gasteiger partial charge >= 0.3 is 12.1 Å². The Morgan fingerprint density at radius 2 is 1.22 bits per heavy atom. The number of rotatable bonds is 11. The number of thioether (sulfide) groups is 2. The minimum Gasteiger partial charge on any atom is -0.378 e. The third-order valence-electron chi connectivity index (χ3n) is 9.49. The summed E-state index contributed by atoms with van der Waals surface area (Å²) in [5.74, 6) is 0.268. The van der Waals surface area contributed by atoms with Crippen LogP contribution in [0.5, 0.6) is 0 Å². The zero-order valence-electron chi connectivity index (χ0n) is 30.2. The second-order valence-electron chi connectivity index (χ2n) is 13.0. The zero-order chi connectivity index (χ0) is 37.9. The quantitative estimate of drug-likeness (QED) is 0.0843. The Balaban J connectivity index is 0.000000189. The highest BCUT2D eigenvalue weighted by Gasteiger charge is 2.28. The number of morpholine rings is 1. The molecule has 286 valence electrons. The maximum Gasteiger partial charge on any atom is 0.325 e. The second kappa shape index (κ2) is 19.5. The number of carbonyl (C=O) groups excluding carboxylic acids is 4. The molecule has 2 aliphatic carbocycles. The molecule has 1 aliphatic heterocycles. The molecule has 13 nitrogen and oxygen atoms in total. The number of thiazole rings is 2. The first-order chi connectivity index (χ1) is 26.3. The van der Waals surface area contributed by atoms with Crippen LogP contribution in [-0.2, 0) is 4.74 Å². The number of nitrogens with zero attached hydrogens (tertiary/aromatic N) is 4. The Bertz CT molecular complexity index is 1920. The molecule has 1 saturated heterocycles. The van der Waals surface area contributed by atoms with E-state index in [0.29, 0.717) is 46.0 Å². The number of hydrogen-bond acceptors (Lipinski definition) is 13. The largest absolute Gasteiger partial charge is 0.378 e. The molecule has 3 aliphatic rings. The Morgan fingerprint density at radius 1 is 0.704 bits per heavy atom. The summed E-state index contributed by atoms with van der Waals surface area (Å²) in [7, 11) is 0. The fourth-order valence-corrected chi connectivity index (χ4v) is 9.25. The van der Waals surface area contributed by atoms with E-state index in [2.05, 4.69) is 41.1 Å². The second-order valence-corrected chi connectivity index (χ2v) is 17.3. The number of amides is 4. The average molecular weight is 809 g/mol. The SMILES string of the molecule is CSc1cnc(NC(=O)Nc2ccc(N3CCOCC3)cc2C(=O)C2CCCC2)s1.CSc1cnc(NC(=O)Nc2ccncc2C(=O)C2CCCC2)s1. The van der Waals surface area contributed by atoms with Crippen molar-refractivity contribution in [2.24, 2.45) is 11.8 Å². The van der Waals surface area contributed by atoms with Crippen molar-refractivity contribution < 1.29 is 23.9 Å². The summed E-state index contributed by atoms with van der Waals surface area (Å²) in [6.45, 7) is 2.96. The van der Waals surface area contributed by atoms with Crippen LogP contribution in [0.4, 0.5) is 36.9 Å². The lowest BCUT2D eigenvalue weighted by atomic mass is 9.94. The smallest absolute Gasteiger partial charge is 0.325 e. The van der Waals surface area contributed by atoms with E-state index >= 15 is 0 Å². The van der Waals surface area contributed by atoms with Crippen LogP contribution < -0.4 is 26.2 Å². The fraction of sp³-hybridized carbons (Fsp3) is 0.432. The molecule has 17 heteroatoms. The number of Topliss-reactive ketones (excluding diaryl/α,β-unsaturated/α-hetero) is 2. The Labute approximate surface area is 331 Å². The molecular weight excluding hydrogens is 765 g/mol. The third-order valence-corrected chi connectivity index (χ3v) is 13.4. The van der Waals surface area contributed by atoms with Gasteiger partial charge in [0.05, 0.1) is 51.0 Å². The zero-order valence-corrected chi connectivity index (χ0v) is 33.5. The highest BCUT2D eigenvalue weighted by molar-refractivity contribution is 8.00. The van der Waals surface area contributed by atoms with Gasteiger partial charge in [-0.15, -0.1) is 23.5 Å². The molecule has 0 unspecified atom stereocenters. The van der Waals surface area contributed by atoms with Gasteiger partial charge in [0.25, 0.3) is 0 Å². The number of nitrogens with one attached hydrogen (secondary N) is 4. The molecule has 54 heavy (non-hydrogen) atoms. The van der Waals surface area contributed by atoms with Crippen LogP contribution in [0.25, 0.3) is 0 Å². The summed E-state index contributed by atoms with van der Waals surface area (Å²) in [5.41, 5.74) is 3.09. The number of pyridine rings is 1. The predicted octanol–water partition coefficient (Wildman–Crippen LogP) is 9.00. The fourth-order valence-electron chi connectivity index (χ4n) is 6.70. The number of anilines is 5. The molecule has 4 amide bonds. The van der Waals surface area contributed by atoms with Crippen molar-refractivity contribution in [1.29, 1.82) is 0 Å². The van der Waals surface area contributed by atoms with Crippen molar-refractivity contribution in [2.45, 2.75) is 59.8 Å². The Hall–Kier alpha value is -4.03. The standard InChI is InChI=1S/C21H26N4O3S2.C16H18N4O2S2/c1-29-18-13-22-21(30-18)24-20(27)23-17-7-6-15(25-8-10-28-11-9-25)12-16(17)19(26)14-4-2-3-5-14;1-23-13-9-18-16(24-13)20-15(22)19-12-6-7-17-8-11(12)14(21)10-4-2-3-5-10/h6-7,12-14H,2-5,8-11H2,1H3,(H2,22,23,24,27);6-10H,2-5H2,1H3,(H2,17,18,19,20,22). The maximum atomic E-state index is 13.3. The van der Waals surface area contributed by atoms with E-state index in [4.69, 9.17) is 4.74 Å². The molecule has 4 aromatic rings. The summed E-state index contributed by atoms with van der Waals surface area (Å²) in [6.07, 6.45) is 18.5. The lowest BCUT2D eigenvalue weighted by Gasteiger charge is -2.29. The van der Waals surface area contributed by atoms with Gasteiger partial charge in [0.15, 0.2) is 21.8 Å². The van der Waals surface area contributed by atoms with Gasteiger partial charge in [-0.25, -0.2) is 19.6 Å². The van der Waals surface area contributed by atoms with E-state index in [9.17, 15) is 19.2 Å². The van der Waals surface area contributed by atoms with Crippen molar-refractivity contribution in [3.8, 4) is 0 Å². The van der Waals surface area contributed by atoms with E-state index < -0.39 is 12.1 Å². The van der Waals surface area contributed by atoms with Crippen LogP contribution in [0.1, 0.15) is 72.1 Å². The van der Waals surface area contributed by atoms with Crippen LogP contribution in [0, 0.1) is 11.8 Å². The van der Waals surface area contributed by atoms with Crippen LogP contribution in [0.15, 0.2) is 57.5 Å². The highest BCUT2D eigenvalue weighted by atomic mass is 32.2. The number of benzene rings is 1. The topological polar surface area (TPSA) is 168 Å². The first-order valence-electron chi connectivity index (χ1n) is 18.0. The van der Waals surface area contributed by atoms with E-state index in [1.807, 2.05) is 30.7 Å². The minimum atomic E-state index is -0.413. The lowest BCUT2D eigenvalue weighted by Crippen LogP contribution is -2.36. The number of ether oxygens (including phenoxy) is 1. The van der Waals surface area contributed by atoms with Gasteiger partial charge in [-0.3, -0.25) is 25.2 Å². The molecule has 0 bridgehead atoms. The Kier molecular flexibility index (Phi) is 14.3. The number of hydrogen-bond donors (Lipinski definition) is 4. The van der Waals surface area contributed by atoms with E-state index in [0.717, 1.165) is 78.6 Å². The molecule has 4 N–H and O–H groups in total. The van der Waals surface area contributed by atoms with Crippen molar-refractivity contribution in [1.82, 2.24) is 15.0 Å².